The van der Waals surface area contributed by atoms with Gasteiger partial charge >= 0.3 is 5.69 Å². The van der Waals surface area contributed by atoms with Gasteiger partial charge in [-0.15, -0.1) is 0 Å². The number of nitrogens with zero attached hydrogens (tertiary/aromatic N) is 3. The second kappa shape index (κ2) is 3.60. The maximum Gasteiger partial charge on any atom is 0.307 e. The molecule has 3 atom stereocenters. The predicted octanol–water partition coefficient (Wildman–Crippen LogP) is 0.0467. The molecule has 1 unspecified atom stereocenters. The van der Waals surface area contributed by atoms with Gasteiger partial charge in [0.25, 0.3) is 0 Å². The van der Waals surface area contributed by atoms with Crippen molar-refractivity contribution in [3.8, 4) is 0 Å². The van der Waals surface area contributed by atoms with Crippen LogP contribution < -0.4 is 0 Å². The fourth-order valence-electron chi connectivity index (χ4n) is 2.09. The van der Waals surface area contributed by atoms with E-state index >= 15 is 0 Å². The number of hydrogen-bond acceptors (Lipinski definition) is 6. The maximum atomic E-state index is 11.6. The van der Waals surface area contributed by atoms with Crippen LogP contribution in [0.2, 0.25) is 0 Å². The molecule has 0 radical (unpaired) electrons. The molecule has 90 valence electrons. The van der Waals surface area contributed by atoms with Gasteiger partial charge in [0, 0.05) is 6.42 Å². The van der Waals surface area contributed by atoms with E-state index in [0.29, 0.717) is 6.61 Å². The summed E-state index contributed by atoms with van der Waals surface area (Å²) in [6, 6.07) is -0.324. The van der Waals surface area contributed by atoms with Crippen molar-refractivity contribution in [2.24, 2.45) is 0 Å². The highest BCUT2D eigenvalue weighted by molar-refractivity contribution is 5.83. The van der Waals surface area contributed by atoms with Crippen LogP contribution in [0.4, 0.5) is 5.69 Å². The van der Waals surface area contributed by atoms with Crippen molar-refractivity contribution in [3.05, 3.63) is 22.5 Å². The number of ketones is 1. The van der Waals surface area contributed by atoms with Crippen LogP contribution >= 0.6 is 0 Å². The van der Waals surface area contributed by atoms with E-state index in [2.05, 4.69) is 5.10 Å². The number of carbonyl (C=O) groups excluding carboxylic acids is 1. The Hall–Kier alpha value is -1.80. The highest BCUT2D eigenvalue weighted by atomic mass is 16.7. The molecule has 17 heavy (non-hydrogen) atoms. The number of nitro groups is 1. The normalized spacial score (nSPS) is 31.8. The van der Waals surface area contributed by atoms with Gasteiger partial charge < -0.3 is 9.47 Å². The summed E-state index contributed by atoms with van der Waals surface area (Å²) >= 11 is 0. The molecule has 1 aromatic heterocycles. The number of hydrogen-bond donors (Lipinski definition) is 0. The first kappa shape index (κ1) is 10.4. The molecule has 0 aromatic carbocycles. The molecule has 0 aliphatic carbocycles. The van der Waals surface area contributed by atoms with E-state index in [1.165, 1.54) is 10.9 Å². The minimum Gasteiger partial charge on any atom is -0.343 e. The quantitative estimate of drug-likeness (QED) is 0.534. The number of fused-ring (bicyclic) bond motifs is 2. The standard InChI is InChI=1S/C9H9N3O5/c13-7-1-6(8-4-16-9(7)17-8)11-3-5(2-10-11)12(14)15/h2-3,6,8-9H,1,4H2/t6-,8?,9-/m1/s1. The lowest BCUT2D eigenvalue weighted by atomic mass is 10.0. The largest absolute Gasteiger partial charge is 0.343 e. The number of aromatic nitrogens is 2. The number of Topliss-reactive ketones (excluding diaryl/α,β-unsaturated/α-hetero) is 1. The summed E-state index contributed by atoms with van der Waals surface area (Å²) in [4.78, 5) is 21.6. The van der Waals surface area contributed by atoms with Crippen LogP contribution in [0.25, 0.3) is 0 Å². The topological polar surface area (TPSA) is 96.5 Å². The summed E-state index contributed by atoms with van der Waals surface area (Å²) in [6.45, 7) is 0.314. The molecule has 0 amide bonds. The highest BCUT2D eigenvalue weighted by Crippen LogP contribution is 2.33. The third kappa shape index (κ3) is 1.61. The number of ether oxygens (including phenoxy) is 2. The van der Waals surface area contributed by atoms with Crippen LogP contribution in [0.5, 0.6) is 0 Å². The summed E-state index contributed by atoms with van der Waals surface area (Å²) < 4.78 is 11.9. The lowest BCUT2D eigenvalue weighted by Gasteiger charge is -2.26. The fraction of sp³-hybridized carbons (Fsp3) is 0.556. The molecule has 2 saturated heterocycles. The smallest absolute Gasteiger partial charge is 0.307 e. The Bertz CT molecular complexity index is 485. The summed E-state index contributed by atoms with van der Waals surface area (Å²) in [5.74, 6) is -0.151. The predicted molar refractivity (Wildman–Crippen MR) is 52.2 cm³/mol. The first-order chi connectivity index (χ1) is 8.15. The van der Waals surface area contributed by atoms with Crippen LogP contribution in [-0.2, 0) is 14.3 Å². The second-order valence-corrected chi connectivity index (χ2v) is 4.01. The SMILES string of the molecule is O=C1C[C@@H](n2cc([N+](=O)[O-])cn2)C2CO[C@@H]1O2. The van der Waals surface area contributed by atoms with Crippen molar-refractivity contribution in [3.63, 3.8) is 0 Å². The molecule has 0 saturated carbocycles. The zero-order valence-electron chi connectivity index (χ0n) is 8.68. The number of carbonyl (C=O) groups is 1. The van der Waals surface area contributed by atoms with Gasteiger partial charge in [0.15, 0.2) is 5.78 Å². The molecule has 8 heteroatoms. The molecule has 2 aliphatic rings. The fourth-order valence-corrected chi connectivity index (χ4v) is 2.09. The van der Waals surface area contributed by atoms with Crippen molar-refractivity contribution in [1.82, 2.24) is 9.78 Å². The van der Waals surface area contributed by atoms with Gasteiger partial charge in [-0.25, -0.2) is 0 Å². The Morgan fingerprint density at radius 3 is 3.12 bits per heavy atom. The van der Waals surface area contributed by atoms with Crippen LogP contribution in [0.3, 0.4) is 0 Å². The summed E-state index contributed by atoms with van der Waals surface area (Å²) in [6.07, 6.45) is 1.67. The Kier molecular flexibility index (Phi) is 2.20. The first-order valence-corrected chi connectivity index (χ1v) is 5.13. The van der Waals surface area contributed by atoms with Gasteiger partial charge in [-0.05, 0) is 0 Å². The van der Waals surface area contributed by atoms with Crippen molar-refractivity contribution in [2.45, 2.75) is 24.9 Å². The lowest BCUT2D eigenvalue weighted by Crippen LogP contribution is -2.37. The lowest BCUT2D eigenvalue weighted by molar-refractivity contribution is -0.385. The molecular weight excluding hydrogens is 230 g/mol. The van der Waals surface area contributed by atoms with Gasteiger partial charge in [0.2, 0.25) is 6.29 Å². The third-order valence-electron chi connectivity index (χ3n) is 2.95. The Morgan fingerprint density at radius 1 is 1.59 bits per heavy atom. The van der Waals surface area contributed by atoms with Crippen LogP contribution in [0.15, 0.2) is 12.4 Å². The summed E-state index contributed by atoms with van der Waals surface area (Å²) in [7, 11) is 0. The molecule has 2 bridgehead atoms. The zero-order valence-corrected chi connectivity index (χ0v) is 8.68. The average Bonchev–Trinajstić information content (AvgIpc) is 2.93. The van der Waals surface area contributed by atoms with Gasteiger partial charge in [-0.3, -0.25) is 19.6 Å². The first-order valence-electron chi connectivity index (χ1n) is 5.13. The average molecular weight is 239 g/mol. The Morgan fingerprint density at radius 2 is 2.41 bits per heavy atom. The van der Waals surface area contributed by atoms with E-state index in [1.807, 2.05) is 0 Å². The Balaban J connectivity index is 1.87. The van der Waals surface area contributed by atoms with Crippen LogP contribution in [-0.4, -0.2) is 39.5 Å². The molecule has 2 fully saturated rings. The molecular formula is C9H9N3O5. The minimum atomic E-state index is -0.762. The van der Waals surface area contributed by atoms with Gasteiger partial charge in [-0.1, -0.05) is 0 Å². The second-order valence-electron chi connectivity index (χ2n) is 4.01. The maximum absolute atomic E-state index is 11.6. The van der Waals surface area contributed by atoms with Crippen LogP contribution in [0.1, 0.15) is 12.5 Å². The number of rotatable bonds is 2. The van der Waals surface area contributed by atoms with Crippen molar-refractivity contribution >= 4 is 11.5 Å². The summed E-state index contributed by atoms with van der Waals surface area (Å²) in [5.41, 5.74) is -0.0986. The van der Waals surface area contributed by atoms with E-state index in [0.717, 1.165) is 6.20 Å². The van der Waals surface area contributed by atoms with Crippen molar-refractivity contribution < 1.29 is 19.2 Å². The van der Waals surface area contributed by atoms with Gasteiger partial charge in [0.05, 0.1) is 17.6 Å². The molecule has 2 aliphatic heterocycles. The molecule has 3 heterocycles. The van der Waals surface area contributed by atoms with E-state index in [-0.39, 0.29) is 30.0 Å². The van der Waals surface area contributed by atoms with Crippen molar-refractivity contribution in [1.29, 1.82) is 0 Å². The minimum absolute atomic E-state index is 0.0986. The molecule has 8 nitrogen and oxygen atoms in total. The Labute approximate surface area is 95.3 Å². The van der Waals surface area contributed by atoms with Crippen molar-refractivity contribution in [2.75, 3.05) is 6.61 Å². The molecule has 0 spiro atoms. The zero-order chi connectivity index (χ0) is 12.0. The molecule has 3 rings (SSSR count). The van der Waals surface area contributed by atoms with Gasteiger partial charge in [-0.2, -0.15) is 5.10 Å². The summed E-state index contributed by atoms with van der Waals surface area (Å²) in [5, 5.41) is 14.4. The third-order valence-corrected chi connectivity index (χ3v) is 2.95. The van der Waals surface area contributed by atoms with E-state index in [1.54, 1.807) is 0 Å². The van der Waals surface area contributed by atoms with E-state index in [9.17, 15) is 14.9 Å². The molecule has 1 aromatic rings. The molecule has 0 N–H and O–H groups in total. The van der Waals surface area contributed by atoms with E-state index < -0.39 is 11.2 Å². The van der Waals surface area contributed by atoms with E-state index in [4.69, 9.17) is 9.47 Å². The highest BCUT2D eigenvalue weighted by Gasteiger charge is 2.44. The monoisotopic (exact) mass is 239 g/mol. The van der Waals surface area contributed by atoms with Gasteiger partial charge in [0.1, 0.15) is 18.5 Å². The van der Waals surface area contributed by atoms with Crippen LogP contribution in [0, 0.1) is 10.1 Å².